The number of hydrogen-bond donors (Lipinski definition) is 3. The van der Waals surface area contributed by atoms with Gasteiger partial charge in [-0.05, 0) is 29.7 Å². The van der Waals surface area contributed by atoms with Gasteiger partial charge in [0.15, 0.2) is 6.54 Å². The highest BCUT2D eigenvalue weighted by Gasteiger charge is 2.25. The third kappa shape index (κ3) is 5.64. The van der Waals surface area contributed by atoms with Gasteiger partial charge < -0.3 is 20.2 Å². The molecule has 5 heteroatoms. The molecule has 3 aromatic carbocycles. The average molecular weight is 417 g/mol. The summed E-state index contributed by atoms with van der Waals surface area (Å²) in [6, 6.07) is 27.9. The Morgan fingerprint density at radius 1 is 0.903 bits per heavy atom. The number of para-hydroxylation sites is 2. The van der Waals surface area contributed by atoms with E-state index in [-0.39, 0.29) is 11.9 Å². The van der Waals surface area contributed by atoms with Crippen molar-refractivity contribution in [3.63, 3.8) is 0 Å². The summed E-state index contributed by atoms with van der Waals surface area (Å²) in [7, 11) is 0. The van der Waals surface area contributed by atoms with Gasteiger partial charge in [0.05, 0.1) is 37.9 Å². The molecule has 4 rings (SSSR count). The maximum absolute atomic E-state index is 12.9. The predicted molar refractivity (Wildman–Crippen MR) is 123 cm³/mol. The third-order valence-electron chi connectivity index (χ3n) is 5.92. The van der Waals surface area contributed by atoms with Crippen LogP contribution in [0.4, 0.5) is 5.69 Å². The van der Waals surface area contributed by atoms with Crippen molar-refractivity contribution in [3.8, 4) is 5.75 Å². The number of quaternary nitrogens is 1. The molecule has 0 aromatic heterocycles. The van der Waals surface area contributed by atoms with Crippen LogP contribution >= 0.6 is 0 Å². The number of rotatable bonds is 7. The Morgan fingerprint density at radius 2 is 1.52 bits per heavy atom. The number of phenols is 1. The second-order valence-electron chi connectivity index (χ2n) is 8.12. The van der Waals surface area contributed by atoms with Crippen molar-refractivity contribution in [2.75, 3.05) is 37.6 Å². The molecule has 3 aromatic rings. The summed E-state index contributed by atoms with van der Waals surface area (Å²) in [5, 5.41) is 13.4. The molecule has 1 saturated heterocycles. The first kappa shape index (κ1) is 20.9. The van der Waals surface area contributed by atoms with Crippen molar-refractivity contribution >= 4 is 11.6 Å². The molecule has 1 amide bonds. The second kappa shape index (κ2) is 10.1. The first-order valence-electron chi connectivity index (χ1n) is 10.9. The fourth-order valence-corrected chi connectivity index (χ4v) is 4.23. The number of carbonyl (C=O) groups is 1. The van der Waals surface area contributed by atoms with E-state index in [0.717, 1.165) is 43.9 Å². The highest BCUT2D eigenvalue weighted by atomic mass is 16.3. The number of phenolic OH excluding ortho intramolecular Hbond substituents is 1. The fraction of sp³-hybridized carbons (Fsp3) is 0.269. The SMILES string of the molecule is O=C(C[NH+]1CCN(c2ccccc2O)CC1)N[C@H](Cc1ccccc1)c1ccccc1. The van der Waals surface area contributed by atoms with E-state index in [0.29, 0.717) is 12.3 Å². The molecule has 1 aliphatic heterocycles. The molecular formula is C26H30N3O2+. The molecule has 0 unspecified atom stereocenters. The normalized spacial score (nSPS) is 15.4. The van der Waals surface area contributed by atoms with Gasteiger partial charge in [-0.15, -0.1) is 0 Å². The minimum atomic E-state index is -0.0435. The van der Waals surface area contributed by atoms with Crippen molar-refractivity contribution in [2.45, 2.75) is 12.5 Å². The minimum Gasteiger partial charge on any atom is -0.506 e. The summed E-state index contributed by atoms with van der Waals surface area (Å²) >= 11 is 0. The smallest absolute Gasteiger partial charge is 0.275 e. The predicted octanol–water partition coefficient (Wildman–Crippen LogP) is 2.20. The Labute approximate surface area is 183 Å². The molecule has 0 aliphatic carbocycles. The first-order valence-corrected chi connectivity index (χ1v) is 10.9. The lowest BCUT2D eigenvalue weighted by Gasteiger charge is -2.33. The zero-order valence-electron chi connectivity index (χ0n) is 17.7. The third-order valence-corrected chi connectivity index (χ3v) is 5.92. The van der Waals surface area contributed by atoms with Crippen LogP contribution in [-0.2, 0) is 11.2 Å². The van der Waals surface area contributed by atoms with Crippen molar-refractivity contribution in [2.24, 2.45) is 0 Å². The van der Waals surface area contributed by atoms with Gasteiger partial charge in [0.25, 0.3) is 5.91 Å². The number of amides is 1. The second-order valence-corrected chi connectivity index (χ2v) is 8.12. The van der Waals surface area contributed by atoms with Crippen LogP contribution in [0.1, 0.15) is 17.2 Å². The number of piperazine rings is 1. The zero-order valence-corrected chi connectivity index (χ0v) is 17.7. The lowest BCUT2D eigenvalue weighted by Crippen LogP contribution is -3.16. The van der Waals surface area contributed by atoms with E-state index in [1.807, 2.05) is 54.6 Å². The van der Waals surface area contributed by atoms with Crippen molar-refractivity contribution in [1.82, 2.24) is 5.32 Å². The Morgan fingerprint density at radius 3 is 2.19 bits per heavy atom. The van der Waals surface area contributed by atoms with E-state index in [9.17, 15) is 9.90 Å². The van der Waals surface area contributed by atoms with Gasteiger partial charge in [0, 0.05) is 0 Å². The standard InChI is InChI=1S/C26H29N3O2/c30-25-14-8-7-13-24(25)29-17-15-28(16-18-29)20-26(31)27-23(22-11-5-2-6-12-22)19-21-9-3-1-4-10-21/h1-14,23,30H,15-20H2,(H,27,31)/p+1/t23-/m1/s1. The summed E-state index contributed by atoms with van der Waals surface area (Å²) in [5.41, 5.74) is 3.21. The lowest BCUT2D eigenvalue weighted by molar-refractivity contribution is -0.892. The van der Waals surface area contributed by atoms with Crippen LogP contribution in [0.5, 0.6) is 5.75 Å². The van der Waals surface area contributed by atoms with Gasteiger partial charge in [-0.25, -0.2) is 0 Å². The Balaban J connectivity index is 1.34. The first-order chi connectivity index (χ1) is 15.2. The van der Waals surface area contributed by atoms with Gasteiger partial charge in [0.2, 0.25) is 0 Å². The summed E-state index contributed by atoms with van der Waals surface area (Å²) in [6.07, 6.45) is 0.771. The van der Waals surface area contributed by atoms with E-state index in [1.165, 1.54) is 10.5 Å². The maximum Gasteiger partial charge on any atom is 0.275 e. The summed E-state index contributed by atoms with van der Waals surface area (Å²) in [6.45, 7) is 3.86. The quantitative estimate of drug-likeness (QED) is 0.554. The Hall–Kier alpha value is -3.31. The maximum atomic E-state index is 12.9. The largest absolute Gasteiger partial charge is 0.506 e. The summed E-state index contributed by atoms with van der Waals surface area (Å²) in [5.74, 6) is 0.395. The molecule has 0 saturated carbocycles. The number of benzene rings is 3. The summed E-state index contributed by atoms with van der Waals surface area (Å²) < 4.78 is 0. The average Bonchev–Trinajstić information content (AvgIpc) is 2.81. The van der Waals surface area contributed by atoms with Crippen molar-refractivity contribution < 1.29 is 14.8 Å². The molecule has 1 fully saturated rings. The van der Waals surface area contributed by atoms with Crippen LogP contribution in [0.15, 0.2) is 84.9 Å². The Bertz CT molecular complexity index is 970. The van der Waals surface area contributed by atoms with Crippen LogP contribution in [0.3, 0.4) is 0 Å². The van der Waals surface area contributed by atoms with Gasteiger partial charge in [-0.2, -0.15) is 0 Å². The minimum absolute atomic E-state index is 0.0435. The number of hydrogen-bond acceptors (Lipinski definition) is 3. The van der Waals surface area contributed by atoms with E-state index >= 15 is 0 Å². The van der Waals surface area contributed by atoms with E-state index in [2.05, 4.69) is 34.5 Å². The van der Waals surface area contributed by atoms with Crippen LogP contribution < -0.4 is 15.1 Å². The zero-order chi connectivity index (χ0) is 21.5. The topological polar surface area (TPSA) is 57.0 Å². The van der Waals surface area contributed by atoms with Crippen LogP contribution in [0.2, 0.25) is 0 Å². The molecule has 0 spiro atoms. The highest BCUT2D eigenvalue weighted by molar-refractivity contribution is 5.77. The van der Waals surface area contributed by atoms with Crippen LogP contribution in [0, 0.1) is 0 Å². The van der Waals surface area contributed by atoms with Crippen LogP contribution in [0.25, 0.3) is 0 Å². The highest BCUT2D eigenvalue weighted by Crippen LogP contribution is 2.26. The number of carbonyl (C=O) groups excluding carboxylic acids is 1. The molecule has 1 atom stereocenters. The molecule has 31 heavy (non-hydrogen) atoms. The van der Waals surface area contributed by atoms with E-state index in [1.54, 1.807) is 6.07 Å². The molecule has 160 valence electrons. The number of nitrogens with one attached hydrogen (secondary N) is 2. The molecule has 5 nitrogen and oxygen atoms in total. The monoisotopic (exact) mass is 416 g/mol. The molecule has 3 N–H and O–H groups in total. The van der Waals surface area contributed by atoms with Gasteiger partial charge in [-0.3, -0.25) is 4.79 Å². The van der Waals surface area contributed by atoms with Gasteiger partial charge in [-0.1, -0.05) is 72.8 Å². The molecular weight excluding hydrogens is 386 g/mol. The number of anilines is 1. The van der Waals surface area contributed by atoms with Crippen molar-refractivity contribution in [3.05, 3.63) is 96.1 Å². The molecule has 1 heterocycles. The van der Waals surface area contributed by atoms with Gasteiger partial charge in [0.1, 0.15) is 5.75 Å². The lowest BCUT2D eigenvalue weighted by atomic mass is 9.99. The molecule has 0 radical (unpaired) electrons. The van der Waals surface area contributed by atoms with E-state index in [4.69, 9.17) is 0 Å². The number of nitrogens with zero attached hydrogens (tertiary/aromatic N) is 1. The molecule has 1 aliphatic rings. The Kier molecular flexibility index (Phi) is 6.85. The van der Waals surface area contributed by atoms with E-state index < -0.39 is 0 Å². The fourth-order valence-electron chi connectivity index (χ4n) is 4.23. The van der Waals surface area contributed by atoms with Crippen molar-refractivity contribution in [1.29, 1.82) is 0 Å². The summed E-state index contributed by atoms with van der Waals surface area (Å²) in [4.78, 5) is 16.4. The molecule has 0 bridgehead atoms. The van der Waals surface area contributed by atoms with Crippen LogP contribution in [-0.4, -0.2) is 43.7 Å². The number of aromatic hydroxyl groups is 1. The van der Waals surface area contributed by atoms with Gasteiger partial charge >= 0.3 is 0 Å².